The maximum atomic E-state index is 12.1. The van der Waals surface area contributed by atoms with Crippen molar-refractivity contribution >= 4 is 71.2 Å². The number of carbonyl (C=O) groups excluding carboxylic acids is 1. The summed E-state index contributed by atoms with van der Waals surface area (Å²) in [5, 5.41) is 5.51. The predicted molar refractivity (Wildman–Crippen MR) is 86.8 cm³/mol. The van der Waals surface area contributed by atoms with Gasteiger partial charge in [-0.3, -0.25) is 4.79 Å². The van der Waals surface area contributed by atoms with Gasteiger partial charge in [-0.15, -0.1) is 22.7 Å². The molecule has 2 nitrogen and oxygen atoms in total. The molecule has 0 saturated heterocycles. The fourth-order valence-corrected chi connectivity index (χ4v) is 4.14. The van der Waals surface area contributed by atoms with Crippen LogP contribution in [0.1, 0.15) is 9.67 Å². The summed E-state index contributed by atoms with van der Waals surface area (Å²) in [5.74, 6) is -0.0948. The molecule has 0 aliphatic heterocycles. The molecule has 0 atom stereocenters. The highest BCUT2D eigenvalue weighted by Crippen LogP contribution is 2.31. The van der Waals surface area contributed by atoms with Crippen molar-refractivity contribution in [1.29, 1.82) is 0 Å². The molecule has 3 rings (SSSR count). The molecule has 0 aliphatic carbocycles. The van der Waals surface area contributed by atoms with Crippen LogP contribution in [0.15, 0.2) is 40.2 Å². The highest BCUT2D eigenvalue weighted by atomic mass is 79.9. The number of fused-ring (bicyclic) bond motifs is 1. The standard InChI is InChI=1S/C13H7BrClNOS2/c14-8-5-7(1-2-9(8)15)16-13(17)12-6-11-10(19-12)3-4-18-11/h1-6H,(H,16,17). The van der Waals surface area contributed by atoms with Crippen LogP contribution in [0, 0.1) is 0 Å². The summed E-state index contributed by atoms with van der Waals surface area (Å²) in [7, 11) is 0. The maximum Gasteiger partial charge on any atom is 0.265 e. The van der Waals surface area contributed by atoms with Gasteiger partial charge in [-0.2, -0.15) is 0 Å². The molecule has 2 heterocycles. The molecule has 19 heavy (non-hydrogen) atoms. The van der Waals surface area contributed by atoms with E-state index in [9.17, 15) is 4.79 Å². The predicted octanol–water partition coefficient (Wildman–Crippen LogP) is 5.63. The summed E-state index contributed by atoms with van der Waals surface area (Å²) >= 11 is 12.4. The van der Waals surface area contributed by atoms with Gasteiger partial charge in [0.1, 0.15) is 0 Å². The highest BCUT2D eigenvalue weighted by Gasteiger charge is 2.11. The van der Waals surface area contributed by atoms with Gasteiger partial charge in [0.25, 0.3) is 5.91 Å². The molecule has 0 bridgehead atoms. The molecule has 6 heteroatoms. The number of benzene rings is 1. The van der Waals surface area contributed by atoms with E-state index in [0.29, 0.717) is 9.90 Å². The normalized spacial score (nSPS) is 10.8. The lowest BCUT2D eigenvalue weighted by Gasteiger charge is -2.04. The first-order valence-corrected chi connectivity index (χ1v) is 8.23. The Morgan fingerprint density at radius 3 is 2.79 bits per heavy atom. The number of nitrogens with one attached hydrogen (secondary N) is 1. The number of rotatable bonds is 2. The second-order valence-electron chi connectivity index (χ2n) is 3.84. The van der Waals surface area contributed by atoms with E-state index in [-0.39, 0.29) is 5.91 Å². The Morgan fingerprint density at radius 2 is 2.05 bits per heavy atom. The summed E-state index contributed by atoms with van der Waals surface area (Å²) in [5.41, 5.74) is 0.720. The molecule has 1 amide bonds. The lowest BCUT2D eigenvalue weighted by molar-refractivity contribution is 0.103. The molecule has 1 aromatic carbocycles. The van der Waals surface area contributed by atoms with Crippen LogP contribution < -0.4 is 5.32 Å². The van der Waals surface area contributed by atoms with Crippen molar-refractivity contribution < 1.29 is 4.79 Å². The van der Waals surface area contributed by atoms with Crippen LogP contribution in [0.4, 0.5) is 5.69 Å². The molecular weight excluding hydrogens is 366 g/mol. The number of halogens is 2. The maximum absolute atomic E-state index is 12.1. The van der Waals surface area contributed by atoms with E-state index in [1.807, 2.05) is 17.5 Å². The molecule has 0 fully saturated rings. The van der Waals surface area contributed by atoms with Gasteiger partial charge < -0.3 is 5.32 Å². The monoisotopic (exact) mass is 371 g/mol. The van der Waals surface area contributed by atoms with E-state index in [1.54, 1.807) is 29.5 Å². The minimum Gasteiger partial charge on any atom is -0.321 e. The number of thiophene rings is 2. The van der Waals surface area contributed by atoms with Crippen molar-refractivity contribution in [3.05, 3.63) is 50.1 Å². The van der Waals surface area contributed by atoms with Gasteiger partial charge in [-0.25, -0.2) is 0 Å². The summed E-state index contributed by atoms with van der Waals surface area (Å²) in [6.07, 6.45) is 0. The average molecular weight is 373 g/mol. The molecule has 96 valence electrons. The largest absolute Gasteiger partial charge is 0.321 e. The Kier molecular flexibility index (Phi) is 3.62. The SMILES string of the molecule is O=C(Nc1ccc(Cl)c(Br)c1)c1cc2sccc2s1. The van der Waals surface area contributed by atoms with Crippen molar-refractivity contribution in [3.63, 3.8) is 0 Å². The van der Waals surface area contributed by atoms with E-state index in [4.69, 9.17) is 11.6 Å². The van der Waals surface area contributed by atoms with Gasteiger partial charge >= 0.3 is 0 Å². The second-order valence-corrected chi connectivity index (χ2v) is 7.14. The zero-order valence-corrected chi connectivity index (χ0v) is 13.4. The smallest absolute Gasteiger partial charge is 0.265 e. The molecule has 1 N–H and O–H groups in total. The number of carbonyl (C=O) groups is 1. The van der Waals surface area contributed by atoms with Crippen LogP contribution in [0.25, 0.3) is 9.40 Å². The van der Waals surface area contributed by atoms with Gasteiger partial charge in [0.15, 0.2) is 0 Å². The first-order chi connectivity index (χ1) is 9.13. The van der Waals surface area contributed by atoms with Gasteiger partial charge in [0.2, 0.25) is 0 Å². The summed E-state index contributed by atoms with van der Waals surface area (Å²) in [6, 6.07) is 9.26. The highest BCUT2D eigenvalue weighted by molar-refractivity contribution is 9.10. The molecule has 0 radical (unpaired) electrons. The Labute approximate surface area is 131 Å². The van der Waals surface area contributed by atoms with Crippen molar-refractivity contribution in [2.75, 3.05) is 5.32 Å². The fraction of sp³-hybridized carbons (Fsp3) is 0. The first kappa shape index (κ1) is 13.1. The average Bonchev–Trinajstić information content (AvgIpc) is 2.94. The lowest BCUT2D eigenvalue weighted by Crippen LogP contribution is -2.09. The quantitative estimate of drug-likeness (QED) is 0.620. The van der Waals surface area contributed by atoms with E-state index in [2.05, 4.69) is 21.2 Å². The van der Waals surface area contributed by atoms with Gasteiger partial charge in [-0.1, -0.05) is 11.6 Å². The second kappa shape index (κ2) is 5.25. The summed E-state index contributed by atoms with van der Waals surface area (Å²) in [6.45, 7) is 0. The van der Waals surface area contributed by atoms with E-state index < -0.39 is 0 Å². The van der Waals surface area contributed by atoms with Crippen molar-refractivity contribution in [1.82, 2.24) is 0 Å². The third-order valence-corrected chi connectivity index (χ3v) is 5.85. The van der Waals surface area contributed by atoms with E-state index >= 15 is 0 Å². The first-order valence-electron chi connectivity index (χ1n) is 5.37. The fourth-order valence-electron chi connectivity index (χ4n) is 1.64. The molecular formula is C13H7BrClNOS2. The third-order valence-electron chi connectivity index (χ3n) is 2.54. The van der Waals surface area contributed by atoms with Crippen LogP contribution in [0.2, 0.25) is 5.02 Å². The zero-order valence-electron chi connectivity index (χ0n) is 9.44. The van der Waals surface area contributed by atoms with Crippen molar-refractivity contribution in [2.24, 2.45) is 0 Å². The van der Waals surface area contributed by atoms with Crippen molar-refractivity contribution in [3.8, 4) is 0 Å². The Bertz CT molecular complexity index is 736. The topological polar surface area (TPSA) is 29.1 Å². The van der Waals surface area contributed by atoms with Crippen LogP contribution in [-0.4, -0.2) is 5.91 Å². The van der Waals surface area contributed by atoms with Crippen LogP contribution in [-0.2, 0) is 0 Å². The number of anilines is 1. The molecule has 3 aromatic rings. The summed E-state index contributed by atoms with van der Waals surface area (Å²) in [4.78, 5) is 12.8. The molecule has 0 spiro atoms. The van der Waals surface area contributed by atoms with Gasteiger partial charge in [0, 0.05) is 19.6 Å². The minimum absolute atomic E-state index is 0.0948. The van der Waals surface area contributed by atoms with Gasteiger partial charge in [0.05, 0.1) is 9.90 Å². The van der Waals surface area contributed by atoms with Crippen LogP contribution in [0.5, 0.6) is 0 Å². The zero-order chi connectivity index (χ0) is 13.4. The van der Waals surface area contributed by atoms with E-state index in [0.717, 1.165) is 19.6 Å². The Morgan fingerprint density at radius 1 is 1.21 bits per heavy atom. The third kappa shape index (κ3) is 2.69. The lowest BCUT2D eigenvalue weighted by atomic mass is 10.3. The van der Waals surface area contributed by atoms with Crippen LogP contribution in [0.3, 0.4) is 0 Å². The van der Waals surface area contributed by atoms with Crippen molar-refractivity contribution in [2.45, 2.75) is 0 Å². The number of hydrogen-bond acceptors (Lipinski definition) is 3. The molecule has 0 saturated carbocycles. The molecule has 0 aliphatic rings. The Hall–Kier alpha value is -0.880. The minimum atomic E-state index is -0.0948. The summed E-state index contributed by atoms with van der Waals surface area (Å²) < 4.78 is 3.05. The van der Waals surface area contributed by atoms with E-state index in [1.165, 1.54) is 11.3 Å². The Balaban J connectivity index is 1.84. The molecule has 2 aromatic heterocycles. The number of hydrogen-bond donors (Lipinski definition) is 1. The van der Waals surface area contributed by atoms with Gasteiger partial charge in [-0.05, 0) is 51.6 Å². The number of amides is 1. The van der Waals surface area contributed by atoms with Crippen LogP contribution >= 0.6 is 50.2 Å². The molecule has 0 unspecified atom stereocenters.